The average Bonchev–Trinajstić information content (AvgIpc) is 2.47. The fourth-order valence-corrected chi connectivity index (χ4v) is 2.04. The van der Waals surface area contributed by atoms with Crippen molar-refractivity contribution in [3.8, 4) is 11.4 Å². The third kappa shape index (κ3) is 5.04. The van der Waals surface area contributed by atoms with Gasteiger partial charge in [-0.1, -0.05) is 30.3 Å². The minimum absolute atomic E-state index is 0.486. The summed E-state index contributed by atoms with van der Waals surface area (Å²) in [5, 5.41) is 3.32. The molecule has 0 spiro atoms. The minimum Gasteiger partial charge on any atom is -0.384 e. The van der Waals surface area contributed by atoms with E-state index in [1.807, 2.05) is 30.3 Å². The maximum absolute atomic E-state index is 5.87. The summed E-state index contributed by atoms with van der Waals surface area (Å²) in [7, 11) is 4.18. The van der Waals surface area contributed by atoms with E-state index in [2.05, 4.69) is 34.3 Å². The van der Waals surface area contributed by atoms with Crippen molar-refractivity contribution in [2.45, 2.75) is 12.8 Å². The van der Waals surface area contributed by atoms with E-state index < -0.39 is 0 Å². The van der Waals surface area contributed by atoms with Crippen molar-refractivity contribution in [1.82, 2.24) is 14.9 Å². The molecule has 21 heavy (non-hydrogen) atoms. The van der Waals surface area contributed by atoms with Crippen LogP contribution in [-0.4, -0.2) is 42.1 Å². The van der Waals surface area contributed by atoms with Crippen LogP contribution in [0, 0.1) is 0 Å². The summed E-state index contributed by atoms with van der Waals surface area (Å²) in [6.45, 7) is 1.99. The van der Waals surface area contributed by atoms with Gasteiger partial charge in [0.1, 0.15) is 11.6 Å². The standard InChI is InChI=1S/C16H23N5/c1-21(2)11-7-6-10-18-15-12-14(17)19-16(20-15)13-8-4-3-5-9-13/h3-5,8-9,12H,6-7,10-11H2,1-2H3,(H3,17,18,19,20). The predicted molar refractivity (Wildman–Crippen MR) is 88.2 cm³/mol. The molecule has 3 N–H and O–H groups in total. The highest BCUT2D eigenvalue weighted by molar-refractivity contribution is 5.60. The molecule has 112 valence electrons. The van der Waals surface area contributed by atoms with Crippen LogP contribution in [0.25, 0.3) is 11.4 Å². The maximum atomic E-state index is 5.87. The number of aromatic nitrogens is 2. The molecule has 1 aromatic carbocycles. The zero-order chi connectivity index (χ0) is 15.1. The van der Waals surface area contributed by atoms with E-state index in [1.165, 1.54) is 0 Å². The third-order valence-electron chi connectivity index (χ3n) is 3.12. The zero-order valence-electron chi connectivity index (χ0n) is 12.7. The van der Waals surface area contributed by atoms with E-state index in [4.69, 9.17) is 5.73 Å². The molecule has 0 aliphatic rings. The molecule has 0 amide bonds. The molecule has 2 aromatic rings. The zero-order valence-corrected chi connectivity index (χ0v) is 12.7. The van der Waals surface area contributed by atoms with E-state index in [0.717, 1.165) is 37.3 Å². The van der Waals surface area contributed by atoms with E-state index in [9.17, 15) is 0 Å². The van der Waals surface area contributed by atoms with Gasteiger partial charge < -0.3 is 16.0 Å². The Kier molecular flexibility index (Phi) is 5.51. The Morgan fingerprint density at radius 1 is 1.10 bits per heavy atom. The summed E-state index contributed by atoms with van der Waals surface area (Å²) in [5.74, 6) is 1.93. The van der Waals surface area contributed by atoms with Crippen LogP contribution in [0.4, 0.5) is 11.6 Å². The van der Waals surface area contributed by atoms with Crippen molar-refractivity contribution in [2.24, 2.45) is 0 Å². The van der Waals surface area contributed by atoms with Gasteiger partial charge in [-0.05, 0) is 33.5 Å². The second kappa shape index (κ2) is 7.59. The number of benzene rings is 1. The Labute approximate surface area is 126 Å². The maximum Gasteiger partial charge on any atom is 0.163 e. The molecule has 1 heterocycles. The largest absolute Gasteiger partial charge is 0.384 e. The van der Waals surface area contributed by atoms with E-state index >= 15 is 0 Å². The average molecular weight is 285 g/mol. The van der Waals surface area contributed by atoms with Crippen LogP contribution in [0.5, 0.6) is 0 Å². The highest BCUT2D eigenvalue weighted by Gasteiger charge is 2.04. The minimum atomic E-state index is 0.486. The molecule has 0 atom stereocenters. The van der Waals surface area contributed by atoms with Crippen LogP contribution in [0.2, 0.25) is 0 Å². The number of unbranched alkanes of at least 4 members (excludes halogenated alkanes) is 1. The van der Waals surface area contributed by atoms with Crippen molar-refractivity contribution in [2.75, 3.05) is 38.2 Å². The first-order valence-electron chi connectivity index (χ1n) is 7.24. The van der Waals surface area contributed by atoms with Crippen molar-refractivity contribution in [1.29, 1.82) is 0 Å². The summed E-state index contributed by atoms with van der Waals surface area (Å²) in [6, 6.07) is 11.6. The molecular weight excluding hydrogens is 262 g/mol. The summed E-state index contributed by atoms with van der Waals surface area (Å²) in [5.41, 5.74) is 6.84. The lowest BCUT2D eigenvalue weighted by molar-refractivity contribution is 0.396. The summed E-state index contributed by atoms with van der Waals surface area (Å²) >= 11 is 0. The fraction of sp³-hybridized carbons (Fsp3) is 0.375. The van der Waals surface area contributed by atoms with Crippen molar-refractivity contribution >= 4 is 11.6 Å². The quantitative estimate of drug-likeness (QED) is 0.765. The smallest absolute Gasteiger partial charge is 0.163 e. The molecule has 0 unspecified atom stereocenters. The lowest BCUT2D eigenvalue weighted by Crippen LogP contribution is -2.14. The van der Waals surface area contributed by atoms with Gasteiger partial charge in [0.15, 0.2) is 5.82 Å². The van der Waals surface area contributed by atoms with Gasteiger partial charge in [-0.25, -0.2) is 9.97 Å². The van der Waals surface area contributed by atoms with Gasteiger partial charge in [-0.3, -0.25) is 0 Å². The van der Waals surface area contributed by atoms with Crippen LogP contribution >= 0.6 is 0 Å². The molecule has 0 saturated heterocycles. The molecule has 0 fully saturated rings. The molecule has 0 saturated carbocycles. The molecule has 5 nitrogen and oxygen atoms in total. The lowest BCUT2D eigenvalue weighted by Gasteiger charge is -2.10. The number of nitrogens with two attached hydrogens (primary N) is 1. The highest BCUT2D eigenvalue weighted by Crippen LogP contribution is 2.18. The Hall–Kier alpha value is -2.14. The van der Waals surface area contributed by atoms with E-state index in [0.29, 0.717) is 11.6 Å². The summed E-state index contributed by atoms with van der Waals surface area (Å²) in [4.78, 5) is 11.0. The van der Waals surface area contributed by atoms with Crippen molar-refractivity contribution in [3.05, 3.63) is 36.4 Å². The van der Waals surface area contributed by atoms with Crippen LogP contribution in [0.1, 0.15) is 12.8 Å². The molecule has 2 rings (SSSR count). The lowest BCUT2D eigenvalue weighted by atomic mass is 10.2. The Morgan fingerprint density at radius 3 is 2.57 bits per heavy atom. The van der Waals surface area contributed by atoms with Gasteiger partial charge in [0.2, 0.25) is 0 Å². The van der Waals surface area contributed by atoms with E-state index in [1.54, 1.807) is 6.07 Å². The van der Waals surface area contributed by atoms with Gasteiger partial charge in [0, 0.05) is 18.2 Å². The SMILES string of the molecule is CN(C)CCCCNc1cc(N)nc(-c2ccccc2)n1. The molecule has 0 aliphatic carbocycles. The second-order valence-electron chi connectivity index (χ2n) is 5.30. The first-order valence-corrected chi connectivity index (χ1v) is 7.24. The monoisotopic (exact) mass is 285 g/mol. The number of rotatable bonds is 7. The van der Waals surface area contributed by atoms with Crippen LogP contribution < -0.4 is 11.1 Å². The number of anilines is 2. The van der Waals surface area contributed by atoms with Gasteiger partial charge in [0.25, 0.3) is 0 Å². The van der Waals surface area contributed by atoms with Crippen LogP contribution in [-0.2, 0) is 0 Å². The van der Waals surface area contributed by atoms with Gasteiger partial charge in [0.05, 0.1) is 0 Å². The first kappa shape index (κ1) is 15.3. The number of hydrogen-bond donors (Lipinski definition) is 2. The molecule has 5 heteroatoms. The van der Waals surface area contributed by atoms with Crippen molar-refractivity contribution < 1.29 is 0 Å². The number of nitrogens with one attached hydrogen (secondary N) is 1. The van der Waals surface area contributed by atoms with Gasteiger partial charge in [-0.2, -0.15) is 0 Å². The first-order chi connectivity index (χ1) is 10.1. The normalized spacial score (nSPS) is 10.8. The summed E-state index contributed by atoms with van der Waals surface area (Å²) in [6.07, 6.45) is 2.26. The predicted octanol–water partition coefficient (Wildman–Crippen LogP) is 2.48. The molecular formula is C16H23N5. The second-order valence-corrected chi connectivity index (χ2v) is 5.30. The number of nitrogens with zero attached hydrogens (tertiary/aromatic N) is 3. The number of hydrogen-bond acceptors (Lipinski definition) is 5. The molecule has 0 radical (unpaired) electrons. The Morgan fingerprint density at radius 2 is 1.86 bits per heavy atom. The Bertz CT molecular complexity index is 554. The van der Waals surface area contributed by atoms with Crippen molar-refractivity contribution in [3.63, 3.8) is 0 Å². The molecule has 0 aliphatic heterocycles. The third-order valence-corrected chi connectivity index (χ3v) is 3.12. The molecule has 1 aromatic heterocycles. The van der Waals surface area contributed by atoms with Gasteiger partial charge >= 0.3 is 0 Å². The fourth-order valence-electron chi connectivity index (χ4n) is 2.04. The summed E-state index contributed by atoms with van der Waals surface area (Å²) < 4.78 is 0. The van der Waals surface area contributed by atoms with E-state index in [-0.39, 0.29) is 0 Å². The van der Waals surface area contributed by atoms with Gasteiger partial charge in [-0.15, -0.1) is 0 Å². The Balaban J connectivity index is 1.96. The molecule has 0 bridgehead atoms. The highest BCUT2D eigenvalue weighted by atomic mass is 15.1. The number of nitrogen functional groups attached to an aromatic ring is 1. The topological polar surface area (TPSA) is 67.1 Å². The van der Waals surface area contributed by atoms with Crippen LogP contribution in [0.15, 0.2) is 36.4 Å². The van der Waals surface area contributed by atoms with Crippen LogP contribution in [0.3, 0.4) is 0 Å².